The van der Waals surface area contributed by atoms with Crippen LogP contribution in [0.1, 0.15) is 10.6 Å². The molecule has 0 spiro atoms. The third kappa shape index (κ3) is 2.39. The van der Waals surface area contributed by atoms with Gasteiger partial charge in [-0.15, -0.1) is 11.3 Å². The molecule has 0 aliphatic heterocycles. The van der Waals surface area contributed by atoms with E-state index in [0.717, 1.165) is 15.2 Å². The van der Waals surface area contributed by atoms with Crippen molar-refractivity contribution < 1.29 is 8.78 Å². The van der Waals surface area contributed by atoms with E-state index in [0.29, 0.717) is 0 Å². The molecule has 0 aliphatic rings. The van der Waals surface area contributed by atoms with Crippen molar-refractivity contribution in [3.63, 3.8) is 0 Å². The van der Waals surface area contributed by atoms with Crippen LogP contribution in [0.3, 0.4) is 0 Å². The second kappa shape index (κ2) is 4.90. The number of halogens is 2. The molecule has 0 fully saturated rings. The third-order valence-electron chi connectivity index (χ3n) is 2.70. The first-order chi connectivity index (χ1) is 9.24. The van der Waals surface area contributed by atoms with Gasteiger partial charge in [-0.3, -0.25) is 0 Å². The highest BCUT2D eigenvalue weighted by molar-refractivity contribution is 7.19. The number of hydrogen-bond acceptors (Lipinski definition) is 2. The maximum absolute atomic E-state index is 13.4. The fraction of sp³-hybridized carbons (Fsp3) is 0. The van der Waals surface area contributed by atoms with Crippen molar-refractivity contribution in [1.29, 1.82) is 0 Å². The minimum Gasteiger partial charge on any atom is -0.237 e. The molecule has 1 aromatic heterocycles. The molecule has 3 rings (SSSR count). The number of rotatable bonds is 2. The third-order valence-corrected chi connectivity index (χ3v) is 3.70. The molecule has 1 heterocycles. The highest BCUT2D eigenvalue weighted by Gasteiger charge is 2.05. The van der Waals surface area contributed by atoms with Crippen LogP contribution in [-0.2, 0) is 0 Å². The Hall–Kier alpha value is -2.07. The van der Waals surface area contributed by atoms with Crippen molar-refractivity contribution in [2.24, 2.45) is 0 Å². The van der Waals surface area contributed by atoms with E-state index in [9.17, 15) is 8.78 Å². The van der Waals surface area contributed by atoms with Gasteiger partial charge in [0.15, 0.2) is 0 Å². The molecule has 0 bridgehead atoms. The topological polar surface area (TPSA) is 12.9 Å². The lowest BCUT2D eigenvalue weighted by molar-refractivity contribution is 0.579. The van der Waals surface area contributed by atoms with Gasteiger partial charge < -0.3 is 0 Å². The Balaban J connectivity index is 1.98. The van der Waals surface area contributed by atoms with Crippen LogP contribution in [0, 0.1) is 11.6 Å². The maximum atomic E-state index is 13.4. The first-order valence-electron chi connectivity index (χ1n) is 5.72. The van der Waals surface area contributed by atoms with Crippen LogP contribution in [0.5, 0.6) is 0 Å². The quantitative estimate of drug-likeness (QED) is 0.657. The Morgan fingerprint density at radius 2 is 1.63 bits per heavy atom. The summed E-state index contributed by atoms with van der Waals surface area (Å²) in [6.07, 6.45) is 3.05. The Morgan fingerprint density at radius 1 is 0.895 bits per heavy atom. The van der Waals surface area contributed by atoms with Crippen molar-refractivity contribution in [1.82, 2.24) is 4.98 Å². The summed E-state index contributed by atoms with van der Waals surface area (Å²) in [6.45, 7) is 0. The van der Waals surface area contributed by atoms with Gasteiger partial charge in [0.1, 0.15) is 16.6 Å². The van der Waals surface area contributed by atoms with Crippen molar-refractivity contribution >= 4 is 33.7 Å². The average Bonchev–Trinajstić information content (AvgIpc) is 2.81. The number of benzene rings is 2. The van der Waals surface area contributed by atoms with Crippen LogP contribution in [0.15, 0.2) is 42.5 Å². The molecule has 0 unspecified atom stereocenters. The predicted octanol–water partition coefficient (Wildman–Crippen LogP) is 4.74. The second-order valence-electron chi connectivity index (χ2n) is 3.99. The second-order valence-corrected chi connectivity index (χ2v) is 5.05. The van der Waals surface area contributed by atoms with Crippen molar-refractivity contribution in [2.75, 3.05) is 0 Å². The molecule has 0 saturated heterocycles. The van der Waals surface area contributed by atoms with E-state index in [1.807, 2.05) is 24.3 Å². The molecule has 0 atom stereocenters. The summed E-state index contributed by atoms with van der Waals surface area (Å²) in [7, 11) is 0. The highest BCUT2D eigenvalue weighted by atomic mass is 32.1. The number of fused-ring (bicyclic) bond motifs is 1. The number of hydrogen-bond donors (Lipinski definition) is 0. The summed E-state index contributed by atoms with van der Waals surface area (Å²) >= 11 is 1.49. The zero-order chi connectivity index (χ0) is 13.2. The molecule has 2 aromatic carbocycles. The van der Waals surface area contributed by atoms with E-state index in [1.165, 1.54) is 35.6 Å². The molecular weight excluding hydrogens is 264 g/mol. The Morgan fingerprint density at radius 3 is 2.37 bits per heavy atom. The monoisotopic (exact) mass is 273 g/mol. The van der Waals surface area contributed by atoms with Crippen LogP contribution < -0.4 is 0 Å². The summed E-state index contributed by atoms with van der Waals surface area (Å²) in [4.78, 5) is 4.37. The molecule has 0 saturated carbocycles. The van der Waals surface area contributed by atoms with E-state index < -0.39 is 11.6 Å². The summed E-state index contributed by atoms with van der Waals surface area (Å²) in [5.41, 5.74) is 0.850. The standard InChI is InChI=1S/C15H9F2NS/c16-11-4-3-5-12(17)10(11)8-9-15-18-13-6-1-2-7-14(13)19-15/h1-9H/b9-8+. The van der Waals surface area contributed by atoms with Crippen LogP contribution in [0.25, 0.3) is 22.4 Å². The summed E-state index contributed by atoms with van der Waals surface area (Å²) in [6, 6.07) is 11.5. The van der Waals surface area contributed by atoms with Gasteiger partial charge in [0.2, 0.25) is 0 Å². The average molecular weight is 273 g/mol. The van der Waals surface area contributed by atoms with E-state index in [-0.39, 0.29) is 5.56 Å². The van der Waals surface area contributed by atoms with Crippen LogP contribution in [0.4, 0.5) is 8.78 Å². The molecule has 1 nitrogen and oxygen atoms in total. The van der Waals surface area contributed by atoms with Gasteiger partial charge in [0, 0.05) is 5.56 Å². The van der Waals surface area contributed by atoms with E-state index >= 15 is 0 Å². The molecule has 0 aliphatic carbocycles. The van der Waals surface area contributed by atoms with E-state index in [4.69, 9.17) is 0 Å². The predicted molar refractivity (Wildman–Crippen MR) is 74.9 cm³/mol. The fourth-order valence-corrected chi connectivity index (χ4v) is 2.66. The minimum absolute atomic E-state index is 0.0400. The van der Waals surface area contributed by atoms with Crippen LogP contribution in [-0.4, -0.2) is 4.98 Å². The SMILES string of the molecule is Fc1cccc(F)c1/C=C/c1nc2ccccc2s1. The summed E-state index contributed by atoms with van der Waals surface area (Å²) < 4.78 is 28.0. The highest BCUT2D eigenvalue weighted by Crippen LogP contribution is 2.23. The summed E-state index contributed by atoms with van der Waals surface area (Å²) in [5.74, 6) is -1.14. The van der Waals surface area contributed by atoms with Gasteiger partial charge in [-0.25, -0.2) is 13.8 Å². The minimum atomic E-state index is -0.572. The molecule has 19 heavy (non-hydrogen) atoms. The molecular formula is C15H9F2NS. The van der Waals surface area contributed by atoms with Crippen LogP contribution in [0.2, 0.25) is 0 Å². The zero-order valence-corrected chi connectivity index (χ0v) is 10.6. The van der Waals surface area contributed by atoms with Gasteiger partial charge >= 0.3 is 0 Å². The van der Waals surface area contributed by atoms with Gasteiger partial charge in [0.05, 0.1) is 10.2 Å². The van der Waals surface area contributed by atoms with Gasteiger partial charge in [-0.1, -0.05) is 18.2 Å². The Kier molecular flexibility index (Phi) is 3.09. The zero-order valence-electron chi connectivity index (χ0n) is 9.81. The summed E-state index contributed by atoms with van der Waals surface area (Å²) in [5, 5.41) is 0.726. The fourth-order valence-electron chi connectivity index (χ4n) is 1.79. The Labute approximate surface area is 112 Å². The first kappa shape index (κ1) is 12.0. The molecule has 0 amide bonds. The van der Waals surface area contributed by atoms with Gasteiger partial charge in [-0.2, -0.15) is 0 Å². The van der Waals surface area contributed by atoms with E-state index in [1.54, 1.807) is 6.08 Å². The first-order valence-corrected chi connectivity index (χ1v) is 6.53. The molecule has 0 N–H and O–H groups in total. The molecule has 4 heteroatoms. The molecule has 0 radical (unpaired) electrons. The van der Waals surface area contributed by atoms with Crippen molar-refractivity contribution in [3.8, 4) is 0 Å². The molecule has 94 valence electrons. The largest absolute Gasteiger partial charge is 0.237 e. The van der Waals surface area contributed by atoms with Crippen LogP contribution >= 0.6 is 11.3 Å². The lowest BCUT2D eigenvalue weighted by Crippen LogP contribution is -1.86. The number of nitrogens with zero attached hydrogens (tertiary/aromatic N) is 1. The van der Waals surface area contributed by atoms with Gasteiger partial charge in [-0.05, 0) is 36.4 Å². The lowest BCUT2D eigenvalue weighted by Gasteiger charge is -1.97. The maximum Gasteiger partial charge on any atom is 0.133 e. The van der Waals surface area contributed by atoms with Crippen molar-refractivity contribution in [3.05, 3.63) is 64.7 Å². The van der Waals surface area contributed by atoms with Gasteiger partial charge in [0.25, 0.3) is 0 Å². The molecule has 3 aromatic rings. The Bertz CT molecular complexity index is 708. The normalized spacial score (nSPS) is 11.5. The number of aromatic nitrogens is 1. The number of thiazole rings is 1. The lowest BCUT2D eigenvalue weighted by atomic mass is 10.2. The van der Waals surface area contributed by atoms with E-state index in [2.05, 4.69) is 4.98 Å². The smallest absolute Gasteiger partial charge is 0.133 e. The van der Waals surface area contributed by atoms with Crippen molar-refractivity contribution in [2.45, 2.75) is 0 Å². The number of para-hydroxylation sites is 1.